The van der Waals surface area contributed by atoms with Crippen molar-refractivity contribution >= 4 is 11.7 Å². The summed E-state index contributed by atoms with van der Waals surface area (Å²) in [7, 11) is 1.30. The summed E-state index contributed by atoms with van der Waals surface area (Å²) in [4.78, 5) is 15.6. The van der Waals surface area contributed by atoms with Crippen LogP contribution in [0.5, 0.6) is 11.6 Å². The van der Waals surface area contributed by atoms with Crippen molar-refractivity contribution in [2.24, 2.45) is 0 Å². The molecule has 0 saturated heterocycles. The van der Waals surface area contributed by atoms with E-state index in [9.17, 15) is 4.79 Å². The molecule has 0 aliphatic rings. The summed E-state index contributed by atoms with van der Waals surface area (Å²) in [6.45, 7) is 2.07. The van der Waals surface area contributed by atoms with Gasteiger partial charge in [-0.25, -0.2) is 9.78 Å². The Morgan fingerprint density at radius 1 is 1.35 bits per heavy atom. The van der Waals surface area contributed by atoms with Crippen LogP contribution in [0.15, 0.2) is 36.5 Å². The molecule has 0 radical (unpaired) electrons. The molecule has 0 bridgehead atoms. The van der Waals surface area contributed by atoms with Gasteiger partial charge < -0.3 is 15.2 Å². The molecule has 0 atom stereocenters. The maximum atomic E-state index is 11.6. The van der Waals surface area contributed by atoms with Crippen molar-refractivity contribution in [2.75, 3.05) is 12.8 Å². The highest BCUT2D eigenvalue weighted by Gasteiger charge is 2.12. The van der Waals surface area contributed by atoms with Gasteiger partial charge >= 0.3 is 5.97 Å². The highest BCUT2D eigenvalue weighted by Crippen LogP contribution is 2.24. The van der Waals surface area contributed by atoms with Crippen LogP contribution in [0.25, 0.3) is 0 Å². The van der Waals surface area contributed by atoms with Gasteiger partial charge in [-0.3, -0.25) is 0 Å². The molecule has 2 aromatic rings. The number of carbonyl (C=O) groups excluding carboxylic acids is 1. The van der Waals surface area contributed by atoms with E-state index in [1.54, 1.807) is 0 Å². The lowest BCUT2D eigenvalue weighted by atomic mass is 10.2. The molecule has 104 valence electrons. The van der Waals surface area contributed by atoms with Gasteiger partial charge in [0.25, 0.3) is 0 Å². The highest BCUT2D eigenvalue weighted by atomic mass is 16.5. The fourth-order valence-electron chi connectivity index (χ4n) is 1.74. The average Bonchev–Trinajstić information content (AvgIpc) is 2.48. The Bertz CT molecular complexity index is 626. The largest absolute Gasteiger partial charge is 0.465 e. The fourth-order valence-corrected chi connectivity index (χ4v) is 1.74. The number of nitrogens with two attached hydrogens (primary N) is 1. The molecule has 5 nitrogen and oxygen atoms in total. The molecule has 0 spiro atoms. The van der Waals surface area contributed by atoms with Crippen molar-refractivity contribution in [3.63, 3.8) is 0 Å². The van der Waals surface area contributed by atoms with Crippen LogP contribution in [0.1, 0.15) is 22.8 Å². The summed E-state index contributed by atoms with van der Waals surface area (Å²) >= 11 is 0. The van der Waals surface area contributed by atoms with Gasteiger partial charge in [0.05, 0.1) is 24.6 Å². The van der Waals surface area contributed by atoms with Gasteiger partial charge in [0.15, 0.2) is 0 Å². The highest BCUT2D eigenvalue weighted by molar-refractivity contribution is 5.95. The lowest BCUT2D eigenvalue weighted by molar-refractivity contribution is 0.0601. The molecule has 0 aliphatic carbocycles. The van der Waals surface area contributed by atoms with E-state index in [0.29, 0.717) is 11.6 Å². The number of aromatic nitrogens is 1. The molecule has 1 aromatic heterocycles. The predicted molar refractivity (Wildman–Crippen MR) is 75.9 cm³/mol. The van der Waals surface area contributed by atoms with Crippen LogP contribution < -0.4 is 10.5 Å². The number of pyridine rings is 1. The predicted octanol–water partition coefficient (Wildman–Crippen LogP) is 2.81. The van der Waals surface area contributed by atoms with E-state index in [2.05, 4.69) is 16.6 Å². The van der Waals surface area contributed by atoms with Gasteiger partial charge in [0.2, 0.25) is 5.88 Å². The maximum absolute atomic E-state index is 11.6. The second-order valence-electron chi connectivity index (χ2n) is 4.20. The molecule has 2 N–H and O–H groups in total. The zero-order valence-corrected chi connectivity index (χ0v) is 11.4. The SMILES string of the molecule is CCc1cccc(Oc2cc(C(=O)OC)c(N)cn2)c1. The molecule has 0 saturated carbocycles. The Balaban J connectivity index is 2.27. The van der Waals surface area contributed by atoms with Crippen molar-refractivity contribution in [3.05, 3.63) is 47.7 Å². The number of nitrogens with zero attached hydrogens (tertiary/aromatic N) is 1. The Hall–Kier alpha value is -2.56. The topological polar surface area (TPSA) is 74.4 Å². The minimum absolute atomic E-state index is 0.240. The van der Waals surface area contributed by atoms with E-state index >= 15 is 0 Å². The van der Waals surface area contributed by atoms with Crippen LogP contribution in [0, 0.1) is 0 Å². The number of hydrogen-bond donors (Lipinski definition) is 1. The Kier molecular flexibility index (Phi) is 4.20. The first kappa shape index (κ1) is 13.9. The summed E-state index contributed by atoms with van der Waals surface area (Å²) in [5.41, 5.74) is 7.34. The smallest absolute Gasteiger partial charge is 0.340 e. The molecule has 0 amide bonds. The summed E-state index contributed by atoms with van der Waals surface area (Å²) in [6.07, 6.45) is 2.30. The number of nitrogen functional groups attached to an aromatic ring is 1. The van der Waals surface area contributed by atoms with Crippen LogP contribution in [0.4, 0.5) is 5.69 Å². The normalized spacial score (nSPS) is 10.1. The molecule has 0 unspecified atom stereocenters. The van der Waals surface area contributed by atoms with Crippen LogP contribution >= 0.6 is 0 Å². The van der Waals surface area contributed by atoms with Gasteiger partial charge in [-0.05, 0) is 24.1 Å². The van der Waals surface area contributed by atoms with Crippen LogP contribution in [-0.4, -0.2) is 18.1 Å². The van der Waals surface area contributed by atoms with Crippen molar-refractivity contribution in [1.29, 1.82) is 0 Å². The van der Waals surface area contributed by atoms with E-state index in [1.807, 2.05) is 24.3 Å². The molecule has 1 aromatic carbocycles. The maximum Gasteiger partial charge on any atom is 0.340 e. The van der Waals surface area contributed by atoms with Crippen LogP contribution in [0.2, 0.25) is 0 Å². The van der Waals surface area contributed by atoms with Crippen molar-refractivity contribution in [2.45, 2.75) is 13.3 Å². The monoisotopic (exact) mass is 272 g/mol. The first-order valence-corrected chi connectivity index (χ1v) is 6.24. The summed E-state index contributed by atoms with van der Waals surface area (Å²) < 4.78 is 10.3. The van der Waals surface area contributed by atoms with Crippen LogP contribution in [0.3, 0.4) is 0 Å². The van der Waals surface area contributed by atoms with Crippen molar-refractivity contribution < 1.29 is 14.3 Å². The lowest BCUT2D eigenvalue weighted by Crippen LogP contribution is -2.06. The summed E-state index contributed by atoms with van der Waals surface area (Å²) in [6, 6.07) is 9.15. The molecular weight excluding hydrogens is 256 g/mol. The zero-order valence-electron chi connectivity index (χ0n) is 11.4. The number of aryl methyl sites for hydroxylation is 1. The lowest BCUT2D eigenvalue weighted by Gasteiger charge is -2.08. The van der Waals surface area contributed by atoms with E-state index in [0.717, 1.165) is 12.0 Å². The van der Waals surface area contributed by atoms with Gasteiger partial charge in [0, 0.05) is 6.07 Å². The molecule has 5 heteroatoms. The van der Waals surface area contributed by atoms with Gasteiger partial charge in [-0.1, -0.05) is 19.1 Å². The second kappa shape index (κ2) is 6.06. The minimum Gasteiger partial charge on any atom is -0.465 e. The first-order valence-electron chi connectivity index (χ1n) is 6.24. The summed E-state index contributed by atoms with van der Waals surface area (Å²) in [5, 5.41) is 0. The van der Waals surface area contributed by atoms with E-state index in [-0.39, 0.29) is 11.3 Å². The third kappa shape index (κ3) is 3.06. The van der Waals surface area contributed by atoms with Crippen molar-refractivity contribution in [3.8, 4) is 11.6 Å². The van der Waals surface area contributed by atoms with Gasteiger partial charge in [-0.2, -0.15) is 0 Å². The number of esters is 1. The third-order valence-corrected chi connectivity index (χ3v) is 2.84. The van der Waals surface area contributed by atoms with Crippen LogP contribution in [-0.2, 0) is 11.2 Å². The number of rotatable bonds is 4. The van der Waals surface area contributed by atoms with Gasteiger partial charge in [-0.15, -0.1) is 0 Å². The fraction of sp³-hybridized carbons (Fsp3) is 0.200. The first-order chi connectivity index (χ1) is 9.63. The number of anilines is 1. The number of methoxy groups -OCH3 is 1. The molecule has 0 aliphatic heterocycles. The van der Waals surface area contributed by atoms with E-state index in [1.165, 1.54) is 19.4 Å². The standard InChI is InChI=1S/C15H16N2O3/c1-3-10-5-4-6-11(7-10)20-14-8-12(15(18)19-2)13(16)9-17-14/h4-9H,3,16H2,1-2H3. The molecule has 0 fully saturated rings. The molecular formula is C15H16N2O3. The molecule has 2 rings (SSSR count). The molecule has 1 heterocycles. The summed E-state index contributed by atoms with van der Waals surface area (Å²) in [5.74, 6) is 0.447. The Labute approximate surface area is 117 Å². The number of benzene rings is 1. The quantitative estimate of drug-likeness (QED) is 0.866. The van der Waals surface area contributed by atoms with E-state index < -0.39 is 5.97 Å². The minimum atomic E-state index is -0.517. The van der Waals surface area contributed by atoms with Gasteiger partial charge in [0.1, 0.15) is 5.75 Å². The number of ether oxygens (including phenoxy) is 2. The second-order valence-corrected chi connectivity index (χ2v) is 4.20. The Morgan fingerprint density at radius 3 is 2.85 bits per heavy atom. The van der Waals surface area contributed by atoms with Crippen molar-refractivity contribution in [1.82, 2.24) is 4.98 Å². The number of hydrogen-bond acceptors (Lipinski definition) is 5. The average molecular weight is 272 g/mol. The zero-order chi connectivity index (χ0) is 14.5. The third-order valence-electron chi connectivity index (χ3n) is 2.84. The number of carbonyl (C=O) groups is 1. The molecule has 20 heavy (non-hydrogen) atoms. The Morgan fingerprint density at radius 2 is 2.15 bits per heavy atom. The van der Waals surface area contributed by atoms with E-state index in [4.69, 9.17) is 10.5 Å².